The number of rotatable bonds is 9. The molecule has 8 heteroatoms. The van der Waals surface area contributed by atoms with Crippen LogP contribution in [0.25, 0.3) is 0 Å². The largest absolute Gasteiger partial charge is 0.346 e. The van der Waals surface area contributed by atoms with Crippen molar-refractivity contribution in [3.8, 4) is 0 Å². The zero-order chi connectivity index (χ0) is 18.9. The fourth-order valence-electron chi connectivity index (χ4n) is 2.31. The van der Waals surface area contributed by atoms with E-state index in [1.807, 2.05) is 42.7 Å². The van der Waals surface area contributed by atoms with Gasteiger partial charge < -0.3 is 15.2 Å². The van der Waals surface area contributed by atoms with E-state index in [0.717, 1.165) is 23.5 Å². The highest BCUT2D eigenvalue weighted by atomic mass is 32.2. The van der Waals surface area contributed by atoms with Crippen molar-refractivity contribution < 1.29 is 9.59 Å². The quantitative estimate of drug-likeness (QED) is 0.519. The SMILES string of the molecule is C=CCn1c(C)nnc1SCC(=O)NCC(=O)Nc1ccccc1CC. The van der Waals surface area contributed by atoms with Gasteiger partial charge in [0.25, 0.3) is 0 Å². The van der Waals surface area contributed by atoms with Crippen molar-refractivity contribution >= 4 is 29.3 Å². The summed E-state index contributed by atoms with van der Waals surface area (Å²) in [6.45, 7) is 8.08. The third-order valence-electron chi connectivity index (χ3n) is 3.66. The van der Waals surface area contributed by atoms with Gasteiger partial charge in [0.1, 0.15) is 5.82 Å². The van der Waals surface area contributed by atoms with E-state index in [1.165, 1.54) is 11.8 Å². The molecule has 2 rings (SSSR count). The molecule has 0 atom stereocenters. The summed E-state index contributed by atoms with van der Waals surface area (Å²) in [5, 5.41) is 14.1. The average molecular weight is 373 g/mol. The van der Waals surface area contributed by atoms with Gasteiger partial charge in [0.05, 0.1) is 12.3 Å². The fraction of sp³-hybridized carbons (Fsp3) is 0.333. The summed E-state index contributed by atoms with van der Waals surface area (Å²) in [6, 6.07) is 7.61. The second kappa shape index (κ2) is 9.76. The molecule has 1 aromatic heterocycles. The summed E-state index contributed by atoms with van der Waals surface area (Å²) in [5.74, 6) is 0.435. The molecule has 0 radical (unpaired) electrons. The van der Waals surface area contributed by atoms with Crippen molar-refractivity contribution in [3.05, 3.63) is 48.3 Å². The molecule has 0 saturated carbocycles. The van der Waals surface area contributed by atoms with Crippen LogP contribution in [-0.2, 0) is 22.6 Å². The molecule has 26 heavy (non-hydrogen) atoms. The lowest BCUT2D eigenvalue weighted by Crippen LogP contribution is -2.34. The molecule has 0 fully saturated rings. The third kappa shape index (κ3) is 5.45. The number of hydrogen-bond acceptors (Lipinski definition) is 5. The first kappa shape index (κ1) is 19.7. The van der Waals surface area contributed by atoms with Gasteiger partial charge >= 0.3 is 0 Å². The van der Waals surface area contributed by atoms with E-state index in [2.05, 4.69) is 27.4 Å². The molecule has 0 saturated heterocycles. The van der Waals surface area contributed by atoms with Gasteiger partial charge in [0.2, 0.25) is 11.8 Å². The van der Waals surface area contributed by atoms with Crippen LogP contribution >= 0.6 is 11.8 Å². The highest BCUT2D eigenvalue weighted by molar-refractivity contribution is 7.99. The standard InChI is InChI=1S/C18H23N5O2S/c1-4-10-23-13(3)21-22-18(23)26-12-17(25)19-11-16(24)20-15-9-7-6-8-14(15)5-2/h4,6-9H,1,5,10-12H2,2-3H3,(H,19,25)(H,20,24). The second-order valence-corrected chi connectivity index (χ2v) is 6.50. The van der Waals surface area contributed by atoms with Crippen LogP contribution in [0, 0.1) is 6.92 Å². The number of allylic oxidation sites excluding steroid dienone is 1. The summed E-state index contributed by atoms with van der Waals surface area (Å²) in [6.07, 6.45) is 2.57. The number of hydrogen-bond donors (Lipinski definition) is 2. The molecular formula is C18H23N5O2S. The van der Waals surface area contributed by atoms with E-state index < -0.39 is 0 Å². The van der Waals surface area contributed by atoms with E-state index in [1.54, 1.807) is 6.08 Å². The van der Waals surface area contributed by atoms with Gasteiger partial charge in [-0.05, 0) is 25.0 Å². The Balaban J connectivity index is 1.80. The van der Waals surface area contributed by atoms with Crippen LogP contribution in [0.4, 0.5) is 5.69 Å². The minimum atomic E-state index is -0.255. The number of benzene rings is 1. The van der Waals surface area contributed by atoms with Gasteiger partial charge in [0, 0.05) is 12.2 Å². The number of aryl methyl sites for hydroxylation is 2. The van der Waals surface area contributed by atoms with Crippen molar-refractivity contribution in [1.29, 1.82) is 0 Å². The molecule has 2 amide bonds. The number of nitrogens with zero attached hydrogens (tertiary/aromatic N) is 3. The first-order valence-corrected chi connectivity index (χ1v) is 9.31. The number of anilines is 1. The maximum absolute atomic E-state index is 12.0. The number of carbonyl (C=O) groups excluding carboxylic acids is 2. The van der Waals surface area contributed by atoms with Crippen molar-refractivity contribution in [2.75, 3.05) is 17.6 Å². The molecule has 1 aromatic carbocycles. The van der Waals surface area contributed by atoms with Crippen LogP contribution < -0.4 is 10.6 Å². The molecule has 0 spiro atoms. The Morgan fingerprint density at radius 2 is 2.04 bits per heavy atom. The van der Waals surface area contributed by atoms with Crippen molar-refractivity contribution in [2.24, 2.45) is 0 Å². The van der Waals surface area contributed by atoms with E-state index in [-0.39, 0.29) is 24.1 Å². The summed E-state index contributed by atoms with van der Waals surface area (Å²) >= 11 is 1.28. The molecule has 2 aromatic rings. The second-order valence-electron chi connectivity index (χ2n) is 5.55. The van der Waals surface area contributed by atoms with Crippen molar-refractivity contribution in [3.63, 3.8) is 0 Å². The lowest BCUT2D eigenvalue weighted by atomic mass is 10.1. The van der Waals surface area contributed by atoms with Gasteiger partial charge in [0.15, 0.2) is 5.16 Å². The number of para-hydroxylation sites is 1. The maximum atomic E-state index is 12.0. The van der Waals surface area contributed by atoms with Crippen molar-refractivity contribution in [1.82, 2.24) is 20.1 Å². The molecule has 0 unspecified atom stereocenters. The fourth-order valence-corrected chi connectivity index (χ4v) is 3.14. The zero-order valence-corrected chi connectivity index (χ0v) is 15.8. The van der Waals surface area contributed by atoms with Crippen LogP contribution in [0.2, 0.25) is 0 Å². The first-order valence-electron chi connectivity index (χ1n) is 8.33. The average Bonchev–Trinajstić information content (AvgIpc) is 2.99. The maximum Gasteiger partial charge on any atom is 0.243 e. The molecule has 138 valence electrons. The number of thioether (sulfide) groups is 1. The molecule has 0 aliphatic carbocycles. The highest BCUT2D eigenvalue weighted by Gasteiger charge is 2.12. The number of aromatic nitrogens is 3. The normalized spacial score (nSPS) is 10.4. The summed E-state index contributed by atoms with van der Waals surface area (Å²) < 4.78 is 1.87. The van der Waals surface area contributed by atoms with Crippen LogP contribution in [-0.4, -0.2) is 38.9 Å². The lowest BCUT2D eigenvalue weighted by molar-refractivity contribution is -0.122. The van der Waals surface area contributed by atoms with Crippen molar-refractivity contribution in [2.45, 2.75) is 32.0 Å². The Kier molecular flexibility index (Phi) is 7.40. The van der Waals surface area contributed by atoms with Gasteiger partial charge in [-0.3, -0.25) is 9.59 Å². The van der Waals surface area contributed by atoms with E-state index in [0.29, 0.717) is 11.7 Å². The summed E-state index contributed by atoms with van der Waals surface area (Å²) in [5.41, 5.74) is 1.83. The monoisotopic (exact) mass is 373 g/mol. The van der Waals surface area contributed by atoms with Gasteiger partial charge in [-0.2, -0.15) is 0 Å². The van der Waals surface area contributed by atoms with Crippen LogP contribution in [0.3, 0.4) is 0 Å². The van der Waals surface area contributed by atoms with E-state index >= 15 is 0 Å². The minimum absolute atomic E-state index is 0.0736. The Bertz CT molecular complexity index is 788. The number of amides is 2. The zero-order valence-electron chi connectivity index (χ0n) is 15.0. The van der Waals surface area contributed by atoms with E-state index in [4.69, 9.17) is 0 Å². The van der Waals surface area contributed by atoms with Crippen LogP contribution in [0.5, 0.6) is 0 Å². The summed E-state index contributed by atoms with van der Waals surface area (Å²) in [4.78, 5) is 24.0. The highest BCUT2D eigenvalue weighted by Crippen LogP contribution is 2.17. The number of carbonyl (C=O) groups is 2. The molecule has 0 aliphatic rings. The predicted molar refractivity (Wildman–Crippen MR) is 103 cm³/mol. The Hall–Kier alpha value is -2.61. The minimum Gasteiger partial charge on any atom is -0.346 e. The topological polar surface area (TPSA) is 88.9 Å². The Morgan fingerprint density at radius 3 is 2.77 bits per heavy atom. The molecule has 0 aliphatic heterocycles. The van der Waals surface area contributed by atoms with Crippen LogP contribution in [0.1, 0.15) is 18.3 Å². The smallest absolute Gasteiger partial charge is 0.243 e. The molecule has 0 bridgehead atoms. The first-order chi connectivity index (χ1) is 12.5. The Morgan fingerprint density at radius 1 is 1.27 bits per heavy atom. The molecule has 1 heterocycles. The molecule has 2 N–H and O–H groups in total. The third-order valence-corrected chi connectivity index (χ3v) is 4.63. The predicted octanol–water partition coefficient (Wildman–Crippen LogP) is 2.18. The number of nitrogens with one attached hydrogen (secondary N) is 2. The lowest BCUT2D eigenvalue weighted by Gasteiger charge is -2.10. The van der Waals surface area contributed by atoms with Gasteiger partial charge in [-0.1, -0.05) is 43.0 Å². The van der Waals surface area contributed by atoms with E-state index in [9.17, 15) is 9.59 Å². The van der Waals surface area contributed by atoms with Gasteiger partial charge in [-0.25, -0.2) is 0 Å². The van der Waals surface area contributed by atoms with Gasteiger partial charge in [-0.15, -0.1) is 16.8 Å². The van der Waals surface area contributed by atoms with Crippen LogP contribution in [0.15, 0.2) is 42.1 Å². The molecule has 7 nitrogen and oxygen atoms in total. The molecular weight excluding hydrogens is 350 g/mol. The Labute approximate surface area is 157 Å². The summed E-state index contributed by atoms with van der Waals surface area (Å²) in [7, 11) is 0.